The Hall–Kier alpha value is -0.830. The summed E-state index contributed by atoms with van der Waals surface area (Å²) in [5.41, 5.74) is 0.424. The number of aryl methyl sites for hydroxylation is 1. The predicted octanol–water partition coefficient (Wildman–Crippen LogP) is 2.65. The third kappa shape index (κ3) is 1.77. The van der Waals surface area contributed by atoms with Crippen molar-refractivity contribution in [2.24, 2.45) is 12.5 Å². The van der Waals surface area contributed by atoms with E-state index in [9.17, 15) is 0 Å². The molecule has 1 unspecified atom stereocenters. The lowest BCUT2D eigenvalue weighted by molar-refractivity contribution is 0.185. The maximum Gasteiger partial charge on any atom is 0.126 e. The number of hydrogen-bond donors (Lipinski definition) is 1. The minimum atomic E-state index is 0.403. The van der Waals surface area contributed by atoms with Crippen molar-refractivity contribution in [2.45, 2.75) is 45.1 Å². The Kier molecular flexibility index (Phi) is 3.33. The van der Waals surface area contributed by atoms with Crippen molar-refractivity contribution in [1.82, 2.24) is 14.9 Å². The molecule has 16 heavy (non-hydrogen) atoms. The number of nitrogens with one attached hydrogen (secondary N) is 1. The van der Waals surface area contributed by atoms with Crippen LogP contribution in [0.4, 0.5) is 0 Å². The fourth-order valence-electron chi connectivity index (χ4n) is 3.29. The highest BCUT2D eigenvalue weighted by Gasteiger charge is 2.41. The van der Waals surface area contributed by atoms with E-state index < -0.39 is 0 Å². The lowest BCUT2D eigenvalue weighted by Gasteiger charge is -2.36. The van der Waals surface area contributed by atoms with Crippen LogP contribution in [0, 0.1) is 5.41 Å². The maximum atomic E-state index is 4.52. The molecule has 1 fully saturated rings. The quantitative estimate of drug-likeness (QED) is 0.847. The molecule has 1 N–H and O–H groups in total. The lowest BCUT2D eigenvalue weighted by Crippen LogP contribution is -2.36. The summed E-state index contributed by atoms with van der Waals surface area (Å²) in [7, 11) is 4.15. The Balaban J connectivity index is 2.31. The molecule has 1 saturated carbocycles. The molecule has 3 nitrogen and oxygen atoms in total. The van der Waals surface area contributed by atoms with Crippen molar-refractivity contribution in [3.05, 3.63) is 18.2 Å². The fraction of sp³-hybridized carbons (Fsp3) is 0.769. The van der Waals surface area contributed by atoms with Crippen LogP contribution in [0.15, 0.2) is 12.4 Å². The SMILES string of the molecule is CCC1(C(NC)c2nccn2C)CCCC1. The molecule has 0 aliphatic heterocycles. The summed E-state index contributed by atoms with van der Waals surface area (Å²) in [6.07, 6.45) is 10.6. The van der Waals surface area contributed by atoms with Gasteiger partial charge in [-0.2, -0.15) is 0 Å². The average molecular weight is 221 g/mol. The molecule has 1 aromatic rings. The van der Waals surface area contributed by atoms with Crippen LogP contribution in [0.1, 0.15) is 50.9 Å². The van der Waals surface area contributed by atoms with Gasteiger partial charge in [0, 0.05) is 19.4 Å². The molecule has 0 radical (unpaired) electrons. The van der Waals surface area contributed by atoms with E-state index in [4.69, 9.17) is 0 Å². The summed E-state index contributed by atoms with van der Waals surface area (Å²) >= 11 is 0. The molecular weight excluding hydrogens is 198 g/mol. The Labute approximate surface area is 98.3 Å². The zero-order valence-electron chi connectivity index (χ0n) is 10.7. The van der Waals surface area contributed by atoms with Crippen molar-refractivity contribution in [3.63, 3.8) is 0 Å². The summed E-state index contributed by atoms with van der Waals surface area (Å²) in [6.45, 7) is 2.32. The molecule has 0 spiro atoms. The van der Waals surface area contributed by atoms with Gasteiger partial charge in [-0.15, -0.1) is 0 Å². The molecule has 0 saturated heterocycles. The van der Waals surface area contributed by atoms with E-state index in [0.29, 0.717) is 11.5 Å². The van der Waals surface area contributed by atoms with Gasteiger partial charge in [-0.3, -0.25) is 0 Å². The topological polar surface area (TPSA) is 29.9 Å². The van der Waals surface area contributed by atoms with Gasteiger partial charge >= 0.3 is 0 Å². The molecule has 0 amide bonds. The number of nitrogens with zero attached hydrogens (tertiary/aromatic N) is 2. The van der Waals surface area contributed by atoms with Gasteiger partial charge in [0.15, 0.2) is 0 Å². The standard InChI is InChI=1S/C13H23N3/c1-4-13(7-5-6-8-13)11(14-2)12-15-9-10-16(12)3/h9-11,14H,4-8H2,1-3H3. The first-order chi connectivity index (χ1) is 7.73. The molecule has 0 aromatic carbocycles. The number of rotatable bonds is 4. The van der Waals surface area contributed by atoms with Crippen molar-refractivity contribution in [1.29, 1.82) is 0 Å². The first kappa shape index (κ1) is 11.6. The van der Waals surface area contributed by atoms with Gasteiger partial charge in [0.1, 0.15) is 5.82 Å². The minimum Gasteiger partial charge on any atom is -0.337 e. The first-order valence-corrected chi connectivity index (χ1v) is 6.38. The summed E-state index contributed by atoms with van der Waals surface area (Å²) in [5, 5.41) is 3.50. The van der Waals surface area contributed by atoms with Crippen LogP contribution in [0.5, 0.6) is 0 Å². The predicted molar refractivity (Wildman–Crippen MR) is 66.2 cm³/mol. The Bertz CT molecular complexity index is 337. The highest BCUT2D eigenvalue weighted by atomic mass is 15.1. The number of aromatic nitrogens is 2. The Morgan fingerprint density at radius 2 is 2.19 bits per heavy atom. The van der Waals surface area contributed by atoms with Crippen LogP contribution in [-0.4, -0.2) is 16.6 Å². The monoisotopic (exact) mass is 221 g/mol. The molecule has 1 aliphatic rings. The second kappa shape index (κ2) is 4.58. The van der Waals surface area contributed by atoms with Gasteiger partial charge in [-0.05, 0) is 31.7 Å². The zero-order valence-corrected chi connectivity index (χ0v) is 10.7. The second-order valence-corrected chi connectivity index (χ2v) is 5.04. The Morgan fingerprint density at radius 1 is 1.50 bits per heavy atom. The van der Waals surface area contributed by atoms with E-state index in [-0.39, 0.29) is 0 Å². The first-order valence-electron chi connectivity index (χ1n) is 6.38. The third-order valence-electron chi connectivity index (χ3n) is 4.32. The highest BCUT2D eigenvalue weighted by Crippen LogP contribution is 2.49. The second-order valence-electron chi connectivity index (χ2n) is 5.04. The largest absolute Gasteiger partial charge is 0.337 e. The van der Waals surface area contributed by atoms with Gasteiger partial charge in [0.25, 0.3) is 0 Å². The Morgan fingerprint density at radius 3 is 2.62 bits per heavy atom. The molecule has 1 aliphatic carbocycles. The average Bonchev–Trinajstić information content (AvgIpc) is 2.91. The van der Waals surface area contributed by atoms with E-state index in [1.807, 2.05) is 12.4 Å². The van der Waals surface area contributed by atoms with Gasteiger partial charge in [0.2, 0.25) is 0 Å². The molecule has 0 bridgehead atoms. The smallest absolute Gasteiger partial charge is 0.126 e. The molecule has 90 valence electrons. The lowest BCUT2D eigenvalue weighted by atomic mass is 9.76. The van der Waals surface area contributed by atoms with Crippen molar-refractivity contribution in [2.75, 3.05) is 7.05 Å². The summed E-state index contributed by atoms with van der Waals surface area (Å²) in [5.74, 6) is 1.19. The van der Waals surface area contributed by atoms with Crippen molar-refractivity contribution in [3.8, 4) is 0 Å². The van der Waals surface area contributed by atoms with E-state index in [0.717, 1.165) is 0 Å². The van der Waals surface area contributed by atoms with Crippen LogP contribution in [0.2, 0.25) is 0 Å². The van der Waals surface area contributed by atoms with E-state index in [1.54, 1.807) is 0 Å². The molecule has 3 heteroatoms. The van der Waals surface area contributed by atoms with Crippen LogP contribution in [-0.2, 0) is 7.05 Å². The van der Waals surface area contributed by atoms with Crippen molar-refractivity contribution < 1.29 is 0 Å². The fourth-order valence-corrected chi connectivity index (χ4v) is 3.29. The van der Waals surface area contributed by atoms with Gasteiger partial charge in [-0.25, -0.2) is 4.98 Å². The van der Waals surface area contributed by atoms with E-state index in [2.05, 4.69) is 35.9 Å². The molecule has 1 aromatic heterocycles. The van der Waals surface area contributed by atoms with Crippen molar-refractivity contribution >= 4 is 0 Å². The van der Waals surface area contributed by atoms with Gasteiger partial charge < -0.3 is 9.88 Å². The van der Waals surface area contributed by atoms with Crippen LogP contribution < -0.4 is 5.32 Å². The van der Waals surface area contributed by atoms with Crippen LogP contribution in [0.3, 0.4) is 0 Å². The summed E-state index contributed by atoms with van der Waals surface area (Å²) < 4.78 is 2.15. The van der Waals surface area contributed by atoms with Gasteiger partial charge in [0.05, 0.1) is 6.04 Å². The normalized spacial score (nSPS) is 21.2. The maximum absolute atomic E-state index is 4.52. The van der Waals surface area contributed by atoms with E-state index >= 15 is 0 Å². The molecular formula is C13H23N3. The third-order valence-corrected chi connectivity index (χ3v) is 4.32. The van der Waals surface area contributed by atoms with Crippen LogP contribution in [0.25, 0.3) is 0 Å². The zero-order chi connectivity index (χ0) is 11.6. The number of imidazole rings is 1. The van der Waals surface area contributed by atoms with Gasteiger partial charge in [-0.1, -0.05) is 19.8 Å². The summed E-state index contributed by atoms with van der Waals surface area (Å²) in [6, 6.07) is 0.403. The van der Waals surface area contributed by atoms with E-state index in [1.165, 1.54) is 37.9 Å². The number of hydrogen-bond acceptors (Lipinski definition) is 2. The minimum absolute atomic E-state index is 0.403. The highest BCUT2D eigenvalue weighted by molar-refractivity contribution is 5.07. The van der Waals surface area contributed by atoms with Crippen LogP contribution >= 0.6 is 0 Å². The summed E-state index contributed by atoms with van der Waals surface area (Å²) in [4.78, 5) is 4.52. The molecule has 1 heterocycles. The molecule has 2 rings (SSSR count). The molecule has 1 atom stereocenters.